The van der Waals surface area contributed by atoms with Crippen LogP contribution in [0.15, 0.2) is 15.9 Å². The minimum atomic E-state index is 0.153. The van der Waals surface area contributed by atoms with E-state index in [4.69, 9.17) is 4.74 Å². The Morgan fingerprint density at radius 2 is 2.32 bits per heavy atom. The molecule has 1 aromatic rings. The van der Waals surface area contributed by atoms with Crippen LogP contribution in [0.2, 0.25) is 0 Å². The molecule has 1 saturated carbocycles. The number of ether oxygens (including phenoxy) is 1. The summed E-state index contributed by atoms with van der Waals surface area (Å²) in [4.78, 5) is 1.45. The standard InChI is InChI=1S/C15H24BrNOS/c1-3-7-17-13(9-14-8-12(16)11-19-14)10-15(18-2)5-4-6-15/h8,11,13,17H,3-7,9-10H2,1-2H3. The van der Waals surface area contributed by atoms with Crippen LogP contribution < -0.4 is 5.32 Å². The second kappa shape index (κ2) is 7.21. The van der Waals surface area contributed by atoms with Crippen molar-refractivity contribution in [3.63, 3.8) is 0 Å². The van der Waals surface area contributed by atoms with Gasteiger partial charge in [-0.15, -0.1) is 11.3 Å². The van der Waals surface area contributed by atoms with Crippen LogP contribution in [0.5, 0.6) is 0 Å². The topological polar surface area (TPSA) is 21.3 Å². The van der Waals surface area contributed by atoms with Crippen LogP contribution in [-0.4, -0.2) is 25.3 Å². The van der Waals surface area contributed by atoms with Crippen LogP contribution in [0.3, 0.4) is 0 Å². The third-order valence-electron chi connectivity index (χ3n) is 4.07. The smallest absolute Gasteiger partial charge is 0.0693 e. The van der Waals surface area contributed by atoms with E-state index >= 15 is 0 Å². The zero-order chi connectivity index (χ0) is 13.7. The molecular weight excluding hydrogens is 322 g/mol. The van der Waals surface area contributed by atoms with E-state index in [2.05, 4.69) is 39.6 Å². The van der Waals surface area contributed by atoms with Gasteiger partial charge in [-0.05, 0) is 67.1 Å². The number of halogens is 1. The van der Waals surface area contributed by atoms with Crippen molar-refractivity contribution in [2.75, 3.05) is 13.7 Å². The Kier molecular flexibility index (Phi) is 5.87. The lowest BCUT2D eigenvalue weighted by molar-refractivity contribution is -0.0833. The summed E-state index contributed by atoms with van der Waals surface area (Å²) in [7, 11) is 1.87. The summed E-state index contributed by atoms with van der Waals surface area (Å²) in [5, 5.41) is 5.87. The van der Waals surface area contributed by atoms with Crippen LogP contribution in [0, 0.1) is 0 Å². The van der Waals surface area contributed by atoms with E-state index in [-0.39, 0.29) is 5.60 Å². The molecule has 4 heteroatoms. The number of thiophene rings is 1. The van der Waals surface area contributed by atoms with Gasteiger partial charge >= 0.3 is 0 Å². The molecule has 2 nitrogen and oxygen atoms in total. The number of methoxy groups -OCH3 is 1. The van der Waals surface area contributed by atoms with E-state index in [1.165, 1.54) is 35.0 Å². The molecule has 1 atom stereocenters. The summed E-state index contributed by atoms with van der Waals surface area (Å²) in [6, 6.07) is 2.77. The highest BCUT2D eigenvalue weighted by atomic mass is 79.9. The number of hydrogen-bond donors (Lipinski definition) is 1. The summed E-state index contributed by atoms with van der Waals surface area (Å²) >= 11 is 5.38. The maximum Gasteiger partial charge on any atom is 0.0693 e. The van der Waals surface area contributed by atoms with Crippen molar-refractivity contribution in [2.45, 2.75) is 57.1 Å². The molecule has 0 saturated heterocycles. The highest BCUT2D eigenvalue weighted by Crippen LogP contribution is 2.39. The van der Waals surface area contributed by atoms with E-state index in [0.29, 0.717) is 6.04 Å². The Morgan fingerprint density at radius 3 is 2.79 bits per heavy atom. The summed E-state index contributed by atoms with van der Waals surface area (Å²) in [5.41, 5.74) is 0.153. The van der Waals surface area contributed by atoms with Gasteiger partial charge in [-0.25, -0.2) is 0 Å². The molecule has 0 bridgehead atoms. The van der Waals surface area contributed by atoms with Crippen molar-refractivity contribution in [1.82, 2.24) is 5.32 Å². The molecular formula is C15H24BrNOS. The lowest BCUT2D eigenvalue weighted by atomic mass is 9.75. The number of rotatable bonds is 8. The molecule has 0 aromatic carbocycles. The van der Waals surface area contributed by atoms with Crippen LogP contribution in [-0.2, 0) is 11.2 Å². The lowest BCUT2D eigenvalue weighted by Crippen LogP contribution is -2.46. The molecule has 108 valence electrons. The molecule has 2 rings (SSSR count). The maximum absolute atomic E-state index is 5.78. The Morgan fingerprint density at radius 1 is 1.53 bits per heavy atom. The normalized spacial score (nSPS) is 19.1. The van der Waals surface area contributed by atoms with Gasteiger partial charge in [-0.3, -0.25) is 0 Å². The average molecular weight is 346 g/mol. The Bertz CT molecular complexity index is 384. The molecule has 1 aliphatic carbocycles. The first-order valence-electron chi connectivity index (χ1n) is 7.19. The lowest BCUT2D eigenvalue weighted by Gasteiger charge is -2.43. The molecule has 1 heterocycles. The quantitative estimate of drug-likeness (QED) is 0.754. The number of hydrogen-bond acceptors (Lipinski definition) is 3. The van der Waals surface area contributed by atoms with Crippen LogP contribution in [0.1, 0.15) is 43.9 Å². The Labute approximate surface area is 129 Å². The molecule has 1 aliphatic rings. The predicted octanol–water partition coefficient (Wildman–Crippen LogP) is 4.38. The molecule has 1 fully saturated rings. The minimum absolute atomic E-state index is 0.153. The third kappa shape index (κ3) is 4.28. The minimum Gasteiger partial charge on any atom is -0.378 e. The van der Waals surface area contributed by atoms with Crippen LogP contribution >= 0.6 is 27.3 Å². The first kappa shape index (κ1) is 15.5. The Balaban J connectivity index is 1.94. The van der Waals surface area contributed by atoms with E-state index in [9.17, 15) is 0 Å². The van der Waals surface area contributed by atoms with Crippen molar-refractivity contribution in [2.24, 2.45) is 0 Å². The highest BCUT2D eigenvalue weighted by Gasteiger charge is 2.38. The predicted molar refractivity (Wildman–Crippen MR) is 86.0 cm³/mol. The number of nitrogens with one attached hydrogen (secondary N) is 1. The van der Waals surface area contributed by atoms with Crippen molar-refractivity contribution in [3.05, 3.63) is 20.8 Å². The third-order valence-corrected chi connectivity index (χ3v) is 5.79. The van der Waals surface area contributed by atoms with Crippen molar-refractivity contribution in [3.8, 4) is 0 Å². The molecule has 1 aromatic heterocycles. The van der Waals surface area contributed by atoms with Gasteiger partial charge in [0.1, 0.15) is 0 Å². The highest BCUT2D eigenvalue weighted by molar-refractivity contribution is 9.10. The van der Waals surface area contributed by atoms with Crippen LogP contribution in [0.25, 0.3) is 0 Å². The molecule has 19 heavy (non-hydrogen) atoms. The molecule has 1 unspecified atom stereocenters. The van der Waals surface area contributed by atoms with Gasteiger partial charge in [-0.1, -0.05) is 6.92 Å². The second-order valence-electron chi connectivity index (χ2n) is 5.53. The Hall–Kier alpha value is 0.1000. The van der Waals surface area contributed by atoms with Crippen molar-refractivity contribution < 1.29 is 4.74 Å². The van der Waals surface area contributed by atoms with E-state index in [0.717, 1.165) is 19.4 Å². The van der Waals surface area contributed by atoms with Crippen molar-refractivity contribution >= 4 is 27.3 Å². The fourth-order valence-corrected chi connectivity index (χ4v) is 4.31. The van der Waals surface area contributed by atoms with Gasteiger partial charge in [0.2, 0.25) is 0 Å². The van der Waals surface area contributed by atoms with Gasteiger partial charge in [0.25, 0.3) is 0 Å². The van der Waals surface area contributed by atoms with E-state index in [1.807, 2.05) is 18.4 Å². The zero-order valence-corrected chi connectivity index (χ0v) is 14.3. The molecule has 1 N–H and O–H groups in total. The average Bonchev–Trinajstić information content (AvgIpc) is 2.76. The molecule has 0 aliphatic heterocycles. The maximum atomic E-state index is 5.78. The zero-order valence-electron chi connectivity index (χ0n) is 11.9. The second-order valence-corrected chi connectivity index (χ2v) is 7.44. The molecule has 0 spiro atoms. The first-order valence-corrected chi connectivity index (χ1v) is 8.86. The molecule has 0 radical (unpaired) electrons. The summed E-state index contributed by atoms with van der Waals surface area (Å²) < 4.78 is 6.98. The van der Waals surface area contributed by atoms with Gasteiger partial charge in [-0.2, -0.15) is 0 Å². The van der Waals surface area contributed by atoms with E-state index < -0.39 is 0 Å². The largest absolute Gasteiger partial charge is 0.378 e. The van der Waals surface area contributed by atoms with E-state index in [1.54, 1.807) is 0 Å². The summed E-state index contributed by atoms with van der Waals surface area (Å²) in [6.45, 7) is 3.32. The monoisotopic (exact) mass is 345 g/mol. The first-order chi connectivity index (χ1) is 9.17. The van der Waals surface area contributed by atoms with Crippen LogP contribution in [0.4, 0.5) is 0 Å². The SMILES string of the molecule is CCCNC(Cc1cc(Br)cs1)CC1(OC)CCC1. The van der Waals surface area contributed by atoms with Gasteiger partial charge in [0.15, 0.2) is 0 Å². The summed E-state index contributed by atoms with van der Waals surface area (Å²) in [5.74, 6) is 0. The summed E-state index contributed by atoms with van der Waals surface area (Å²) in [6.07, 6.45) is 7.20. The van der Waals surface area contributed by atoms with Gasteiger partial charge in [0, 0.05) is 27.9 Å². The fraction of sp³-hybridized carbons (Fsp3) is 0.733. The van der Waals surface area contributed by atoms with Gasteiger partial charge in [0.05, 0.1) is 5.60 Å². The van der Waals surface area contributed by atoms with Crippen molar-refractivity contribution in [1.29, 1.82) is 0 Å². The van der Waals surface area contributed by atoms with Gasteiger partial charge < -0.3 is 10.1 Å². The molecule has 0 amide bonds. The fourth-order valence-electron chi connectivity index (χ4n) is 2.78.